The summed E-state index contributed by atoms with van der Waals surface area (Å²) in [6.07, 6.45) is 0.734. The topological polar surface area (TPSA) is 75.6 Å². The molecular formula is C11H9ClINO4. The normalized spacial score (nSPS) is 9.67. The summed E-state index contributed by atoms with van der Waals surface area (Å²) in [4.78, 5) is 22.2. The lowest BCUT2D eigenvalue weighted by Crippen LogP contribution is -2.14. The number of hydrogen-bond acceptors (Lipinski definition) is 3. The van der Waals surface area contributed by atoms with Gasteiger partial charge in [-0.1, -0.05) is 24.3 Å². The summed E-state index contributed by atoms with van der Waals surface area (Å²) in [5.41, 5.74) is 0.220. The van der Waals surface area contributed by atoms with Gasteiger partial charge in [0.05, 0.1) is 10.6 Å². The maximum Gasteiger partial charge on any atom is 0.411 e. The molecule has 1 aromatic carbocycles. The molecule has 7 heteroatoms. The van der Waals surface area contributed by atoms with Crippen LogP contribution in [0.3, 0.4) is 0 Å². The van der Waals surface area contributed by atoms with Crippen molar-refractivity contribution in [3.63, 3.8) is 0 Å². The van der Waals surface area contributed by atoms with Crippen LogP contribution in [-0.2, 0) is 4.74 Å². The monoisotopic (exact) mass is 381 g/mol. The van der Waals surface area contributed by atoms with Gasteiger partial charge in [0.25, 0.3) is 0 Å². The van der Waals surface area contributed by atoms with Gasteiger partial charge in [-0.2, -0.15) is 0 Å². The zero-order valence-electron chi connectivity index (χ0n) is 9.07. The van der Waals surface area contributed by atoms with Gasteiger partial charge in [-0.15, -0.1) is 0 Å². The molecule has 0 atom stereocenters. The van der Waals surface area contributed by atoms with Crippen molar-refractivity contribution in [1.82, 2.24) is 0 Å². The van der Waals surface area contributed by atoms with Gasteiger partial charge in [-0.25, -0.2) is 9.59 Å². The molecule has 0 aromatic heterocycles. The average Bonchev–Trinajstić information content (AvgIpc) is 2.30. The second-order valence-corrected chi connectivity index (χ2v) is 4.68. The zero-order chi connectivity index (χ0) is 13.7. The summed E-state index contributed by atoms with van der Waals surface area (Å²) in [6.45, 7) is 3.47. The van der Waals surface area contributed by atoms with Crippen molar-refractivity contribution < 1.29 is 19.4 Å². The molecule has 2 N–H and O–H groups in total. The van der Waals surface area contributed by atoms with Crippen LogP contribution in [0.1, 0.15) is 10.4 Å². The first-order valence-electron chi connectivity index (χ1n) is 4.72. The number of nitrogens with one attached hydrogen (secondary N) is 1. The fourth-order valence-corrected chi connectivity index (χ4v) is 1.92. The Kier molecular flexibility index (Phi) is 5.42. The van der Waals surface area contributed by atoms with Gasteiger partial charge in [0, 0.05) is 9.26 Å². The third-order valence-corrected chi connectivity index (χ3v) is 3.41. The molecule has 18 heavy (non-hydrogen) atoms. The first-order chi connectivity index (χ1) is 8.45. The lowest BCUT2D eigenvalue weighted by molar-refractivity contribution is 0.0697. The minimum absolute atomic E-state index is 0.0717. The number of carboxylic acid groups (broad SMARTS) is 1. The number of ether oxygens (including phenoxy) is 1. The number of hydrogen-bond donors (Lipinski definition) is 2. The Morgan fingerprint density at radius 2 is 2.22 bits per heavy atom. The first kappa shape index (κ1) is 14.8. The van der Waals surface area contributed by atoms with Crippen LogP contribution in [0.25, 0.3) is 0 Å². The van der Waals surface area contributed by atoms with Gasteiger partial charge >= 0.3 is 12.1 Å². The van der Waals surface area contributed by atoms with Crippen LogP contribution < -0.4 is 5.32 Å². The summed E-state index contributed by atoms with van der Waals surface area (Å²) in [5.74, 6) is -1.17. The lowest BCUT2D eigenvalue weighted by Gasteiger charge is -2.08. The van der Waals surface area contributed by atoms with E-state index < -0.39 is 12.1 Å². The third-order valence-electron chi connectivity index (χ3n) is 1.84. The predicted octanol–water partition coefficient (Wildman–Crippen LogP) is 3.38. The first-order valence-corrected chi connectivity index (χ1v) is 6.18. The third kappa shape index (κ3) is 3.88. The van der Waals surface area contributed by atoms with Crippen LogP contribution in [0.15, 0.2) is 24.8 Å². The SMILES string of the molecule is C=CCOC(=O)Nc1cc(I)c(Cl)c(C(=O)O)c1. The number of carbonyl (C=O) groups excluding carboxylic acids is 1. The van der Waals surface area contributed by atoms with E-state index in [0.717, 1.165) is 0 Å². The summed E-state index contributed by atoms with van der Waals surface area (Å²) >= 11 is 7.72. The Bertz CT molecular complexity index is 504. The number of amides is 1. The van der Waals surface area contributed by atoms with Gasteiger partial charge in [0.2, 0.25) is 0 Å². The predicted molar refractivity (Wildman–Crippen MR) is 76.3 cm³/mol. The summed E-state index contributed by atoms with van der Waals surface area (Å²) < 4.78 is 5.24. The minimum atomic E-state index is -1.17. The van der Waals surface area contributed by atoms with E-state index in [1.54, 1.807) is 6.07 Å². The number of halogens is 2. The minimum Gasteiger partial charge on any atom is -0.478 e. The molecule has 5 nitrogen and oxygen atoms in total. The molecule has 1 aromatic rings. The van der Waals surface area contributed by atoms with Gasteiger partial charge in [-0.3, -0.25) is 5.32 Å². The van der Waals surface area contributed by atoms with E-state index in [4.69, 9.17) is 21.4 Å². The highest BCUT2D eigenvalue weighted by molar-refractivity contribution is 14.1. The molecule has 0 saturated heterocycles. The maximum atomic E-state index is 11.3. The van der Waals surface area contributed by atoms with Crippen molar-refractivity contribution in [1.29, 1.82) is 0 Å². The highest BCUT2D eigenvalue weighted by Crippen LogP contribution is 2.27. The number of aromatic carboxylic acids is 1. The highest BCUT2D eigenvalue weighted by Gasteiger charge is 2.14. The van der Waals surface area contributed by atoms with Crippen molar-refractivity contribution in [3.8, 4) is 0 Å². The van der Waals surface area contributed by atoms with E-state index in [-0.39, 0.29) is 17.2 Å². The second kappa shape index (κ2) is 6.60. The summed E-state index contributed by atoms with van der Waals surface area (Å²) in [5, 5.41) is 11.5. The number of anilines is 1. The van der Waals surface area contributed by atoms with Gasteiger partial charge in [0.15, 0.2) is 0 Å². The standard InChI is InChI=1S/C11H9ClINO4/c1-2-3-18-11(17)14-6-4-7(10(15)16)9(12)8(13)5-6/h2,4-5H,1,3H2,(H,14,17)(H,15,16). The maximum absolute atomic E-state index is 11.3. The molecule has 0 aliphatic carbocycles. The molecule has 0 bridgehead atoms. The molecule has 0 heterocycles. The number of carboxylic acids is 1. The van der Waals surface area contributed by atoms with E-state index >= 15 is 0 Å². The molecule has 96 valence electrons. The van der Waals surface area contributed by atoms with E-state index in [1.165, 1.54) is 12.1 Å². The van der Waals surface area contributed by atoms with Crippen molar-refractivity contribution in [2.24, 2.45) is 0 Å². The fourth-order valence-electron chi connectivity index (χ4n) is 1.11. The van der Waals surface area contributed by atoms with E-state index in [1.807, 2.05) is 22.6 Å². The van der Waals surface area contributed by atoms with Crippen LogP contribution in [0.4, 0.5) is 10.5 Å². The van der Waals surface area contributed by atoms with Crippen molar-refractivity contribution >= 4 is 51.9 Å². The van der Waals surface area contributed by atoms with Crippen LogP contribution >= 0.6 is 34.2 Å². The van der Waals surface area contributed by atoms with Gasteiger partial charge < -0.3 is 9.84 Å². The van der Waals surface area contributed by atoms with Crippen molar-refractivity contribution in [2.75, 3.05) is 11.9 Å². The zero-order valence-corrected chi connectivity index (χ0v) is 12.0. The lowest BCUT2D eigenvalue weighted by atomic mass is 10.2. The van der Waals surface area contributed by atoms with Gasteiger partial charge in [-0.05, 0) is 34.7 Å². The van der Waals surface area contributed by atoms with Crippen LogP contribution in [-0.4, -0.2) is 23.8 Å². The molecule has 0 unspecified atom stereocenters. The van der Waals surface area contributed by atoms with Crippen molar-refractivity contribution in [3.05, 3.63) is 38.9 Å². The van der Waals surface area contributed by atoms with E-state index in [0.29, 0.717) is 9.26 Å². The number of benzene rings is 1. The Morgan fingerprint density at radius 1 is 1.56 bits per heavy atom. The van der Waals surface area contributed by atoms with Crippen molar-refractivity contribution in [2.45, 2.75) is 0 Å². The van der Waals surface area contributed by atoms with Gasteiger partial charge in [0.1, 0.15) is 6.61 Å². The fraction of sp³-hybridized carbons (Fsp3) is 0.0909. The molecule has 0 spiro atoms. The molecular weight excluding hydrogens is 372 g/mol. The molecule has 1 rings (SSSR count). The summed E-state index contributed by atoms with van der Waals surface area (Å²) in [6, 6.07) is 2.81. The quantitative estimate of drug-likeness (QED) is 0.619. The van der Waals surface area contributed by atoms with E-state index in [2.05, 4.69) is 11.9 Å². The molecule has 0 radical (unpaired) electrons. The second-order valence-electron chi connectivity index (χ2n) is 3.14. The Hall–Kier alpha value is -1.28. The molecule has 0 aliphatic rings. The highest BCUT2D eigenvalue weighted by atomic mass is 127. The molecule has 0 aliphatic heterocycles. The Morgan fingerprint density at radius 3 is 2.78 bits per heavy atom. The molecule has 0 saturated carbocycles. The van der Waals surface area contributed by atoms with Crippen LogP contribution in [0, 0.1) is 3.57 Å². The molecule has 0 fully saturated rings. The van der Waals surface area contributed by atoms with E-state index in [9.17, 15) is 9.59 Å². The molecule has 1 amide bonds. The summed E-state index contributed by atoms with van der Waals surface area (Å²) in [7, 11) is 0. The van der Waals surface area contributed by atoms with Crippen LogP contribution in [0.5, 0.6) is 0 Å². The Balaban J connectivity index is 2.94. The largest absolute Gasteiger partial charge is 0.478 e. The van der Waals surface area contributed by atoms with Crippen LogP contribution in [0.2, 0.25) is 5.02 Å². The smallest absolute Gasteiger partial charge is 0.411 e. The average molecular weight is 382 g/mol. The Labute approximate surface area is 122 Å². The number of rotatable bonds is 4. The number of carbonyl (C=O) groups is 2.